The molecule has 0 spiro atoms. The molecular formula is C18H27NO2S. The van der Waals surface area contributed by atoms with Crippen LogP contribution in [0.1, 0.15) is 33.1 Å². The average Bonchev–Trinajstić information content (AvgIpc) is 2.96. The van der Waals surface area contributed by atoms with Crippen molar-refractivity contribution < 1.29 is 9.47 Å². The van der Waals surface area contributed by atoms with Crippen molar-refractivity contribution >= 4 is 11.8 Å². The van der Waals surface area contributed by atoms with Crippen LogP contribution in [0.5, 0.6) is 0 Å². The van der Waals surface area contributed by atoms with Gasteiger partial charge in [0.15, 0.2) is 6.29 Å². The molecule has 0 amide bonds. The smallest absolute Gasteiger partial charge is 0.157 e. The Labute approximate surface area is 138 Å². The highest BCUT2D eigenvalue weighted by atomic mass is 32.2. The van der Waals surface area contributed by atoms with Crippen molar-refractivity contribution in [3.63, 3.8) is 0 Å². The van der Waals surface area contributed by atoms with E-state index >= 15 is 0 Å². The third kappa shape index (κ3) is 6.03. The van der Waals surface area contributed by atoms with Gasteiger partial charge in [0.05, 0.1) is 0 Å². The lowest BCUT2D eigenvalue weighted by atomic mass is 10.3. The summed E-state index contributed by atoms with van der Waals surface area (Å²) in [5, 5.41) is 0. The summed E-state index contributed by atoms with van der Waals surface area (Å²) in [7, 11) is 0. The normalized spacial score (nSPS) is 14.7. The van der Waals surface area contributed by atoms with Crippen LogP contribution < -0.4 is 0 Å². The maximum absolute atomic E-state index is 5.59. The van der Waals surface area contributed by atoms with Crippen molar-refractivity contribution in [3.05, 3.63) is 41.4 Å². The number of hydrogen-bond donors (Lipinski definition) is 0. The van der Waals surface area contributed by atoms with Gasteiger partial charge in [-0.05, 0) is 38.8 Å². The summed E-state index contributed by atoms with van der Waals surface area (Å²) in [6.07, 6.45) is 5.49. The van der Waals surface area contributed by atoms with Gasteiger partial charge in [-0.25, -0.2) is 0 Å². The first-order valence-corrected chi connectivity index (χ1v) is 9.04. The Morgan fingerprint density at radius 3 is 2.55 bits per heavy atom. The van der Waals surface area contributed by atoms with Gasteiger partial charge in [-0.15, -0.1) is 0 Å². The van der Waals surface area contributed by atoms with Gasteiger partial charge >= 0.3 is 0 Å². The highest BCUT2D eigenvalue weighted by molar-refractivity contribution is 8.03. The van der Waals surface area contributed by atoms with Crippen molar-refractivity contribution in [2.45, 2.75) is 44.3 Å². The minimum atomic E-state index is -0.0419. The lowest BCUT2D eigenvalue weighted by Gasteiger charge is -2.19. The minimum Gasteiger partial charge on any atom is -0.376 e. The Kier molecular flexibility index (Phi) is 7.85. The van der Waals surface area contributed by atoms with E-state index in [0.29, 0.717) is 13.2 Å². The molecule has 1 aromatic carbocycles. The van der Waals surface area contributed by atoms with Gasteiger partial charge in [-0.2, -0.15) is 0 Å². The highest BCUT2D eigenvalue weighted by Crippen LogP contribution is 2.32. The molecule has 0 atom stereocenters. The second-order valence-electron chi connectivity index (χ2n) is 5.28. The summed E-state index contributed by atoms with van der Waals surface area (Å²) in [4.78, 5) is 5.20. The molecule has 122 valence electrons. The number of thioether (sulfide) groups is 1. The van der Waals surface area contributed by atoms with Crippen LogP contribution in [0.25, 0.3) is 0 Å². The SMILES string of the molecule is CCOC(CCCN1C=C(Sc2ccccc2)CC1)OCC. The molecular weight excluding hydrogens is 294 g/mol. The molecule has 3 nitrogen and oxygen atoms in total. The van der Waals surface area contributed by atoms with E-state index in [4.69, 9.17) is 9.47 Å². The summed E-state index contributed by atoms with van der Waals surface area (Å²) < 4.78 is 11.2. The van der Waals surface area contributed by atoms with E-state index in [9.17, 15) is 0 Å². The highest BCUT2D eigenvalue weighted by Gasteiger charge is 2.14. The van der Waals surface area contributed by atoms with Gasteiger partial charge in [-0.3, -0.25) is 0 Å². The lowest BCUT2D eigenvalue weighted by molar-refractivity contribution is -0.140. The molecule has 0 radical (unpaired) electrons. The van der Waals surface area contributed by atoms with Crippen molar-refractivity contribution in [2.24, 2.45) is 0 Å². The summed E-state index contributed by atoms with van der Waals surface area (Å²) in [5.41, 5.74) is 0. The standard InChI is InChI=1S/C18H27NO2S/c1-3-20-18(21-4-2)11-8-13-19-14-12-17(15-19)22-16-9-6-5-7-10-16/h5-7,9-10,15,18H,3-4,8,11-14H2,1-2H3. The number of nitrogens with zero attached hydrogens (tertiary/aromatic N) is 1. The molecule has 4 heteroatoms. The minimum absolute atomic E-state index is 0.0419. The fourth-order valence-electron chi connectivity index (χ4n) is 2.53. The second kappa shape index (κ2) is 9.93. The molecule has 1 aliphatic rings. The predicted molar refractivity (Wildman–Crippen MR) is 92.8 cm³/mol. The third-order valence-corrected chi connectivity index (χ3v) is 4.63. The van der Waals surface area contributed by atoms with Crippen molar-refractivity contribution in [2.75, 3.05) is 26.3 Å². The van der Waals surface area contributed by atoms with Gasteiger partial charge in [-0.1, -0.05) is 30.0 Å². The fourth-order valence-corrected chi connectivity index (χ4v) is 3.52. The first-order valence-electron chi connectivity index (χ1n) is 8.22. The molecule has 0 unspecified atom stereocenters. The van der Waals surface area contributed by atoms with Crippen LogP contribution in [0.3, 0.4) is 0 Å². The summed E-state index contributed by atoms with van der Waals surface area (Å²) in [6.45, 7) is 7.67. The second-order valence-corrected chi connectivity index (χ2v) is 6.48. The van der Waals surface area contributed by atoms with Gasteiger partial charge in [0, 0.05) is 48.7 Å². The maximum atomic E-state index is 5.59. The van der Waals surface area contributed by atoms with Crippen LogP contribution in [0.4, 0.5) is 0 Å². The first-order chi connectivity index (χ1) is 10.8. The molecule has 0 aliphatic carbocycles. The topological polar surface area (TPSA) is 21.7 Å². The van der Waals surface area contributed by atoms with E-state index in [1.165, 1.54) is 9.80 Å². The molecule has 0 aromatic heterocycles. The average molecular weight is 321 g/mol. The van der Waals surface area contributed by atoms with Crippen molar-refractivity contribution in [3.8, 4) is 0 Å². The van der Waals surface area contributed by atoms with Crippen LogP contribution in [0.15, 0.2) is 46.3 Å². The number of benzene rings is 1. The van der Waals surface area contributed by atoms with E-state index in [1.807, 2.05) is 25.6 Å². The molecule has 2 rings (SSSR count). The monoisotopic (exact) mass is 321 g/mol. The number of ether oxygens (including phenoxy) is 2. The van der Waals surface area contributed by atoms with E-state index in [0.717, 1.165) is 32.4 Å². The zero-order valence-electron chi connectivity index (χ0n) is 13.7. The van der Waals surface area contributed by atoms with E-state index in [-0.39, 0.29) is 6.29 Å². The first kappa shape index (κ1) is 17.4. The summed E-state index contributed by atoms with van der Waals surface area (Å²) in [6, 6.07) is 10.6. The Balaban J connectivity index is 1.71. The predicted octanol–water partition coefficient (Wildman–Crippen LogP) is 4.51. The molecule has 0 fully saturated rings. The van der Waals surface area contributed by atoms with Gasteiger partial charge < -0.3 is 14.4 Å². The van der Waals surface area contributed by atoms with E-state index < -0.39 is 0 Å². The lowest BCUT2D eigenvalue weighted by Crippen LogP contribution is -2.21. The van der Waals surface area contributed by atoms with Crippen LogP contribution in [0.2, 0.25) is 0 Å². The van der Waals surface area contributed by atoms with Crippen LogP contribution in [0, 0.1) is 0 Å². The Hall–Kier alpha value is -0.970. The van der Waals surface area contributed by atoms with Crippen LogP contribution in [-0.2, 0) is 9.47 Å². The quantitative estimate of drug-likeness (QED) is 0.591. The number of rotatable bonds is 10. The Morgan fingerprint density at radius 1 is 1.14 bits per heavy atom. The van der Waals surface area contributed by atoms with Crippen LogP contribution >= 0.6 is 11.8 Å². The molecule has 0 saturated carbocycles. The van der Waals surface area contributed by atoms with Gasteiger partial charge in [0.2, 0.25) is 0 Å². The summed E-state index contributed by atoms with van der Waals surface area (Å²) in [5.74, 6) is 0. The summed E-state index contributed by atoms with van der Waals surface area (Å²) >= 11 is 1.88. The molecule has 1 aromatic rings. The zero-order valence-corrected chi connectivity index (χ0v) is 14.5. The molecule has 0 N–H and O–H groups in total. The molecule has 1 aliphatic heterocycles. The van der Waals surface area contributed by atoms with E-state index in [1.54, 1.807) is 0 Å². The number of hydrogen-bond acceptors (Lipinski definition) is 4. The van der Waals surface area contributed by atoms with Gasteiger partial charge in [0.1, 0.15) is 0 Å². The third-order valence-electron chi connectivity index (χ3n) is 3.55. The largest absolute Gasteiger partial charge is 0.376 e. The molecule has 0 saturated heterocycles. The molecule has 0 bridgehead atoms. The molecule has 1 heterocycles. The molecule has 22 heavy (non-hydrogen) atoms. The van der Waals surface area contributed by atoms with Crippen LogP contribution in [-0.4, -0.2) is 37.5 Å². The fraction of sp³-hybridized carbons (Fsp3) is 0.556. The zero-order chi connectivity index (χ0) is 15.6. The van der Waals surface area contributed by atoms with Crippen molar-refractivity contribution in [1.82, 2.24) is 4.90 Å². The Morgan fingerprint density at radius 2 is 1.86 bits per heavy atom. The maximum Gasteiger partial charge on any atom is 0.157 e. The van der Waals surface area contributed by atoms with Crippen molar-refractivity contribution in [1.29, 1.82) is 0 Å². The Bertz CT molecular complexity index is 444. The van der Waals surface area contributed by atoms with Gasteiger partial charge in [0.25, 0.3) is 0 Å². The van der Waals surface area contributed by atoms with E-state index in [2.05, 4.69) is 41.4 Å².